The fourth-order valence-corrected chi connectivity index (χ4v) is 2.50. The van der Waals surface area contributed by atoms with Crippen LogP contribution in [0.5, 0.6) is 0 Å². The number of carbonyl (C=O) groups is 2. The molecule has 1 rings (SSSR count). The highest BCUT2D eigenvalue weighted by Crippen LogP contribution is 2.21. The summed E-state index contributed by atoms with van der Waals surface area (Å²) in [7, 11) is 0. The highest BCUT2D eigenvalue weighted by Gasteiger charge is 2.09. The number of hydrogen-bond donors (Lipinski definition) is 2. The molecule has 0 bridgehead atoms. The molecule has 0 unspecified atom stereocenters. The molecule has 2 amide bonds. The molecule has 1 aromatic rings. The molecule has 0 aliphatic carbocycles. The number of hydrogen-bond acceptors (Lipinski definition) is 3. The number of amides is 2. The largest absolute Gasteiger partial charge is 0.279 e. The lowest BCUT2D eigenvalue weighted by Crippen LogP contribution is -2.41. The van der Waals surface area contributed by atoms with Crippen molar-refractivity contribution in [3.05, 3.63) is 20.8 Å². The van der Waals surface area contributed by atoms with Crippen LogP contribution in [-0.2, 0) is 4.79 Å². The molecule has 0 radical (unpaired) electrons. The molecule has 0 spiro atoms. The predicted molar refractivity (Wildman–Crippen MR) is 71.8 cm³/mol. The average molecular weight is 319 g/mol. The van der Waals surface area contributed by atoms with Gasteiger partial charge in [0.1, 0.15) is 0 Å². The van der Waals surface area contributed by atoms with Crippen molar-refractivity contribution in [1.82, 2.24) is 10.9 Å². The van der Waals surface area contributed by atoms with Gasteiger partial charge in [0, 0.05) is 6.42 Å². The first-order valence-corrected chi connectivity index (χ1v) is 7.09. The second-order valence-corrected chi connectivity index (χ2v) is 6.03. The summed E-state index contributed by atoms with van der Waals surface area (Å²) in [6, 6.07) is 3.50. The fraction of sp³-hybridized carbons (Fsp3) is 0.455. The third kappa shape index (κ3) is 5.32. The van der Waals surface area contributed by atoms with E-state index in [0.717, 1.165) is 23.0 Å². The molecular formula is C11H15BrN2O2S. The van der Waals surface area contributed by atoms with Gasteiger partial charge < -0.3 is 0 Å². The summed E-state index contributed by atoms with van der Waals surface area (Å²) in [5.41, 5.74) is 4.79. The van der Waals surface area contributed by atoms with Crippen molar-refractivity contribution in [2.45, 2.75) is 32.6 Å². The molecule has 0 saturated carbocycles. The number of nitrogens with one attached hydrogen (secondary N) is 2. The van der Waals surface area contributed by atoms with Gasteiger partial charge in [0.25, 0.3) is 5.91 Å². The number of rotatable bonds is 5. The Labute approximate surface area is 113 Å². The van der Waals surface area contributed by atoms with Crippen molar-refractivity contribution >= 4 is 39.1 Å². The zero-order valence-electron chi connectivity index (χ0n) is 9.59. The maximum atomic E-state index is 11.6. The average Bonchev–Trinajstić information content (AvgIpc) is 2.73. The molecule has 6 heteroatoms. The second kappa shape index (κ2) is 7.45. The van der Waals surface area contributed by atoms with E-state index in [1.165, 1.54) is 11.3 Å². The van der Waals surface area contributed by atoms with Gasteiger partial charge in [-0.15, -0.1) is 11.3 Å². The highest BCUT2D eigenvalue weighted by atomic mass is 79.9. The predicted octanol–water partition coefficient (Wildman–Crippen LogP) is 2.85. The smallest absolute Gasteiger partial charge is 0.273 e. The Hall–Kier alpha value is -0.880. The number of unbranched alkanes of at least 4 members (excludes halogenated alkanes) is 2. The molecule has 1 heterocycles. The number of thiophene rings is 1. The standard InChI is InChI=1S/C11H15BrN2O2S/c1-2-3-4-5-10(15)13-14-11(16)8-6-7-9(12)17-8/h6-7H,2-5H2,1H3,(H,13,15)(H,14,16). The van der Waals surface area contributed by atoms with Crippen molar-refractivity contribution < 1.29 is 9.59 Å². The molecule has 0 aromatic carbocycles. The van der Waals surface area contributed by atoms with Gasteiger partial charge in [-0.2, -0.15) is 0 Å². The highest BCUT2D eigenvalue weighted by molar-refractivity contribution is 9.11. The summed E-state index contributed by atoms with van der Waals surface area (Å²) in [5, 5.41) is 0. The third-order valence-electron chi connectivity index (χ3n) is 2.12. The Morgan fingerprint density at radius 2 is 2.06 bits per heavy atom. The van der Waals surface area contributed by atoms with Gasteiger partial charge in [-0.3, -0.25) is 20.4 Å². The Bertz CT molecular complexity index is 393. The molecule has 0 saturated heterocycles. The molecular weight excluding hydrogens is 304 g/mol. The van der Waals surface area contributed by atoms with E-state index in [1.54, 1.807) is 12.1 Å². The van der Waals surface area contributed by atoms with E-state index in [-0.39, 0.29) is 11.8 Å². The first-order chi connectivity index (χ1) is 8.13. The van der Waals surface area contributed by atoms with Gasteiger partial charge in [0.05, 0.1) is 8.66 Å². The molecule has 0 fully saturated rings. The topological polar surface area (TPSA) is 58.2 Å². The first-order valence-electron chi connectivity index (χ1n) is 5.48. The van der Waals surface area contributed by atoms with E-state index in [0.29, 0.717) is 11.3 Å². The Morgan fingerprint density at radius 1 is 1.29 bits per heavy atom. The summed E-state index contributed by atoms with van der Waals surface area (Å²) < 4.78 is 0.886. The van der Waals surface area contributed by atoms with Crippen LogP contribution in [0.2, 0.25) is 0 Å². The van der Waals surface area contributed by atoms with Gasteiger partial charge in [-0.1, -0.05) is 19.8 Å². The van der Waals surface area contributed by atoms with Crippen LogP contribution < -0.4 is 10.9 Å². The summed E-state index contributed by atoms with van der Waals surface area (Å²) in [4.78, 5) is 23.4. The van der Waals surface area contributed by atoms with Crippen LogP contribution in [0.15, 0.2) is 15.9 Å². The van der Waals surface area contributed by atoms with E-state index in [1.807, 2.05) is 0 Å². The van der Waals surface area contributed by atoms with E-state index >= 15 is 0 Å². The van der Waals surface area contributed by atoms with Crippen molar-refractivity contribution in [2.24, 2.45) is 0 Å². The zero-order valence-corrected chi connectivity index (χ0v) is 12.0. The lowest BCUT2D eigenvalue weighted by Gasteiger charge is -2.05. The fourth-order valence-electron chi connectivity index (χ4n) is 1.22. The van der Waals surface area contributed by atoms with Gasteiger partial charge in [0.2, 0.25) is 5.91 Å². The summed E-state index contributed by atoms with van der Waals surface area (Å²) in [6.45, 7) is 2.08. The lowest BCUT2D eigenvalue weighted by atomic mass is 10.2. The van der Waals surface area contributed by atoms with E-state index in [2.05, 4.69) is 33.7 Å². The summed E-state index contributed by atoms with van der Waals surface area (Å²) in [5.74, 6) is -0.438. The minimum atomic E-state index is -0.287. The van der Waals surface area contributed by atoms with Crippen LogP contribution in [0.4, 0.5) is 0 Å². The maximum Gasteiger partial charge on any atom is 0.279 e. The first kappa shape index (κ1) is 14.2. The molecule has 4 nitrogen and oxygen atoms in total. The van der Waals surface area contributed by atoms with Crippen LogP contribution in [0.3, 0.4) is 0 Å². The van der Waals surface area contributed by atoms with Gasteiger partial charge in [0.15, 0.2) is 0 Å². The van der Waals surface area contributed by atoms with Crippen molar-refractivity contribution in [3.63, 3.8) is 0 Å². The van der Waals surface area contributed by atoms with Crippen LogP contribution >= 0.6 is 27.3 Å². The molecule has 0 aliphatic rings. The van der Waals surface area contributed by atoms with E-state index in [4.69, 9.17) is 0 Å². The minimum absolute atomic E-state index is 0.151. The molecule has 17 heavy (non-hydrogen) atoms. The Kier molecular flexibility index (Phi) is 6.21. The van der Waals surface area contributed by atoms with E-state index in [9.17, 15) is 9.59 Å². The number of halogens is 1. The van der Waals surface area contributed by atoms with Crippen molar-refractivity contribution in [3.8, 4) is 0 Å². The Morgan fingerprint density at radius 3 is 2.65 bits per heavy atom. The van der Waals surface area contributed by atoms with Gasteiger partial charge >= 0.3 is 0 Å². The van der Waals surface area contributed by atoms with Crippen LogP contribution in [0.25, 0.3) is 0 Å². The quantitative estimate of drug-likeness (QED) is 0.648. The molecule has 1 aromatic heterocycles. The monoisotopic (exact) mass is 318 g/mol. The zero-order chi connectivity index (χ0) is 12.7. The maximum absolute atomic E-state index is 11.6. The van der Waals surface area contributed by atoms with Crippen molar-refractivity contribution in [2.75, 3.05) is 0 Å². The molecule has 2 N–H and O–H groups in total. The van der Waals surface area contributed by atoms with Gasteiger partial charge in [-0.25, -0.2) is 0 Å². The molecule has 0 atom stereocenters. The van der Waals surface area contributed by atoms with Crippen molar-refractivity contribution in [1.29, 1.82) is 0 Å². The van der Waals surface area contributed by atoms with Crippen LogP contribution in [0, 0.1) is 0 Å². The molecule has 0 aliphatic heterocycles. The van der Waals surface area contributed by atoms with Crippen LogP contribution in [0.1, 0.15) is 42.3 Å². The minimum Gasteiger partial charge on any atom is -0.273 e. The molecule has 94 valence electrons. The van der Waals surface area contributed by atoms with Gasteiger partial charge in [-0.05, 0) is 34.5 Å². The third-order valence-corrected chi connectivity index (χ3v) is 3.74. The second-order valence-electron chi connectivity index (χ2n) is 3.56. The normalized spacial score (nSPS) is 10.0. The Balaban J connectivity index is 2.26. The van der Waals surface area contributed by atoms with Crippen LogP contribution in [-0.4, -0.2) is 11.8 Å². The summed E-state index contributed by atoms with van der Waals surface area (Å²) in [6.07, 6.45) is 3.40. The number of hydrazine groups is 1. The number of carbonyl (C=O) groups excluding carboxylic acids is 2. The van der Waals surface area contributed by atoms with E-state index < -0.39 is 0 Å². The lowest BCUT2D eigenvalue weighted by molar-refractivity contribution is -0.121. The SMILES string of the molecule is CCCCCC(=O)NNC(=O)c1ccc(Br)s1. The summed E-state index contributed by atoms with van der Waals surface area (Å²) >= 11 is 4.60.